The molecule has 134 valence electrons. The van der Waals surface area contributed by atoms with Gasteiger partial charge in [-0.1, -0.05) is 42.5 Å². The van der Waals surface area contributed by atoms with Crippen molar-refractivity contribution in [2.24, 2.45) is 0 Å². The number of carbonyl (C=O) groups is 1. The first-order chi connectivity index (χ1) is 11.9. The summed E-state index contributed by atoms with van der Waals surface area (Å²) in [6.45, 7) is 6.24. The van der Waals surface area contributed by atoms with E-state index in [1.807, 2.05) is 68.4 Å². The summed E-state index contributed by atoms with van der Waals surface area (Å²) in [6, 6.07) is 16.4. The highest BCUT2D eigenvalue weighted by Gasteiger charge is 2.23. The fourth-order valence-corrected chi connectivity index (χ4v) is 2.33. The summed E-state index contributed by atoms with van der Waals surface area (Å²) in [5.74, 6) is 0. The van der Waals surface area contributed by atoms with E-state index in [9.17, 15) is 9.90 Å². The molecular formula is C20H26N2O3. The fourth-order valence-electron chi connectivity index (χ4n) is 2.33. The van der Waals surface area contributed by atoms with Gasteiger partial charge in [-0.2, -0.15) is 0 Å². The van der Waals surface area contributed by atoms with Crippen molar-refractivity contribution >= 4 is 11.7 Å². The van der Waals surface area contributed by atoms with E-state index >= 15 is 0 Å². The molecule has 0 bridgehead atoms. The van der Waals surface area contributed by atoms with Gasteiger partial charge in [-0.3, -0.25) is 0 Å². The molecule has 2 aromatic rings. The van der Waals surface area contributed by atoms with Crippen molar-refractivity contribution in [3.05, 3.63) is 65.7 Å². The number of nitrogens with one attached hydrogen (secondary N) is 2. The summed E-state index contributed by atoms with van der Waals surface area (Å²) >= 11 is 0. The summed E-state index contributed by atoms with van der Waals surface area (Å²) in [4.78, 5) is 12.1. The Hall–Kier alpha value is -2.37. The predicted octanol–water partition coefficient (Wildman–Crippen LogP) is 3.64. The van der Waals surface area contributed by atoms with Crippen LogP contribution in [0.3, 0.4) is 0 Å². The lowest BCUT2D eigenvalue weighted by Gasteiger charge is -2.24. The zero-order valence-electron chi connectivity index (χ0n) is 15.0. The van der Waals surface area contributed by atoms with Crippen molar-refractivity contribution in [2.45, 2.75) is 39.1 Å². The minimum Gasteiger partial charge on any atom is -0.384 e. The molecule has 5 nitrogen and oxygen atoms in total. The van der Waals surface area contributed by atoms with Gasteiger partial charge < -0.3 is 20.5 Å². The SMILES string of the molecule is CC(C)OCc1cccc(NC(=O)NCC(C)(O)c2ccccc2)c1. The van der Waals surface area contributed by atoms with Crippen LogP contribution in [0.2, 0.25) is 0 Å². The number of anilines is 1. The summed E-state index contributed by atoms with van der Waals surface area (Å²) in [7, 11) is 0. The molecule has 0 saturated carbocycles. The van der Waals surface area contributed by atoms with Gasteiger partial charge in [0.15, 0.2) is 0 Å². The second kappa shape index (κ2) is 8.65. The molecule has 0 heterocycles. The molecule has 0 aliphatic rings. The molecule has 1 unspecified atom stereocenters. The first-order valence-electron chi connectivity index (χ1n) is 8.40. The van der Waals surface area contributed by atoms with E-state index in [1.54, 1.807) is 6.92 Å². The van der Waals surface area contributed by atoms with Gasteiger partial charge in [0.1, 0.15) is 5.60 Å². The van der Waals surface area contributed by atoms with Crippen molar-refractivity contribution in [1.29, 1.82) is 0 Å². The van der Waals surface area contributed by atoms with E-state index in [2.05, 4.69) is 10.6 Å². The van der Waals surface area contributed by atoms with Crippen LogP contribution in [0.25, 0.3) is 0 Å². The van der Waals surface area contributed by atoms with E-state index in [0.29, 0.717) is 12.3 Å². The molecule has 2 aromatic carbocycles. The molecular weight excluding hydrogens is 316 g/mol. The topological polar surface area (TPSA) is 70.6 Å². The lowest BCUT2D eigenvalue weighted by Crippen LogP contribution is -2.40. The Labute approximate surface area is 149 Å². The molecule has 2 amide bonds. The molecule has 3 N–H and O–H groups in total. The summed E-state index contributed by atoms with van der Waals surface area (Å²) < 4.78 is 5.57. The maximum absolute atomic E-state index is 12.1. The van der Waals surface area contributed by atoms with Crippen molar-refractivity contribution < 1.29 is 14.6 Å². The molecule has 0 aromatic heterocycles. The molecule has 25 heavy (non-hydrogen) atoms. The zero-order valence-corrected chi connectivity index (χ0v) is 15.0. The minimum absolute atomic E-state index is 0.110. The smallest absolute Gasteiger partial charge is 0.319 e. The van der Waals surface area contributed by atoms with Crippen LogP contribution >= 0.6 is 0 Å². The molecule has 0 aliphatic carbocycles. The maximum Gasteiger partial charge on any atom is 0.319 e. The van der Waals surface area contributed by atoms with Crippen LogP contribution < -0.4 is 10.6 Å². The molecule has 0 saturated heterocycles. The highest BCUT2D eigenvalue weighted by molar-refractivity contribution is 5.89. The van der Waals surface area contributed by atoms with Crippen molar-refractivity contribution in [3.63, 3.8) is 0 Å². The fraction of sp³-hybridized carbons (Fsp3) is 0.350. The Morgan fingerprint density at radius 2 is 1.88 bits per heavy atom. The van der Waals surface area contributed by atoms with Gasteiger partial charge in [-0.25, -0.2) is 4.79 Å². The Bertz CT molecular complexity index is 684. The van der Waals surface area contributed by atoms with Gasteiger partial charge in [0.25, 0.3) is 0 Å². The number of benzene rings is 2. The van der Waals surface area contributed by atoms with Crippen LogP contribution in [0.5, 0.6) is 0 Å². The molecule has 0 radical (unpaired) electrons. The van der Waals surface area contributed by atoms with E-state index < -0.39 is 5.60 Å². The molecule has 2 rings (SSSR count). The first kappa shape index (κ1) is 19.0. The lowest BCUT2D eigenvalue weighted by molar-refractivity contribution is 0.0599. The summed E-state index contributed by atoms with van der Waals surface area (Å²) in [6.07, 6.45) is 0.153. The molecule has 0 spiro atoms. The lowest BCUT2D eigenvalue weighted by atomic mass is 9.96. The van der Waals surface area contributed by atoms with Crippen molar-refractivity contribution in [3.8, 4) is 0 Å². The number of hydrogen-bond donors (Lipinski definition) is 3. The average molecular weight is 342 g/mol. The van der Waals surface area contributed by atoms with Gasteiger partial charge in [-0.15, -0.1) is 0 Å². The Morgan fingerprint density at radius 1 is 1.16 bits per heavy atom. The quantitative estimate of drug-likeness (QED) is 0.719. The third-order valence-electron chi connectivity index (χ3n) is 3.76. The van der Waals surface area contributed by atoms with Crippen LogP contribution in [-0.2, 0) is 16.9 Å². The number of ether oxygens (including phenoxy) is 1. The summed E-state index contributed by atoms with van der Waals surface area (Å²) in [5, 5.41) is 16.0. The number of amides is 2. The monoisotopic (exact) mass is 342 g/mol. The van der Waals surface area contributed by atoms with Gasteiger partial charge in [0.05, 0.1) is 19.3 Å². The van der Waals surface area contributed by atoms with E-state index in [-0.39, 0.29) is 18.7 Å². The third kappa shape index (κ3) is 6.21. The first-order valence-corrected chi connectivity index (χ1v) is 8.40. The standard InChI is InChI=1S/C20H26N2O3/c1-15(2)25-13-16-8-7-11-18(12-16)22-19(23)21-14-20(3,24)17-9-5-4-6-10-17/h4-12,15,24H,13-14H2,1-3H3,(H2,21,22,23). The van der Waals surface area contributed by atoms with Crippen molar-refractivity contribution in [1.82, 2.24) is 5.32 Å². The largest absolute Gasteiger partial charge is 0.384 e. The van der Waals surface area contributed by atoms with Crippen molar-refractivity contribution in [2.75, 3.05) is 11.9 Å². The summed E-state index contributed by atoms with van der Waals surface area (Å²) in [5.41, 5.74) is 1.29. The third-order valence-corrected chi connectivity index (χ3v) is 3.76. The molecule has 0 aliphatic heterocycles. The Kier molecular flexibility index (Phi) is 6.56. The number of urea groups is 1. The Morgan fingerprint density at radius 3 is 2.56 bits per heavy atom. The normalized spacial score (nSPS) is 13.3. The zero-order chi connectivity index (χ0) is 18.3. The van der Waals surface area contributed by atoms with E-state index in [0.717, 1.165) is 11.1 Å². The molecule has 1 atom stereocenters. The molecule has 0 fully saturated rings. The van der Waals surface area contributed by atoms with E-state index in [4.69, 9.17) is 4.74 Å². The van der Waals surface area contributed by atoms with Crippen LogP contribution in [0.4, 0.5) is 10.5 Å². The number of carbonyl (C=O) groups excluding carboxylic acids is 1. The second-order valence-corrected chi connectivity index (χ2v) is 6.51. The van der Waals surface area contributed by atoms with Gasteiger partial charge in [0.2, 0.25) is 0 Å². The van der Waals surface area contributed by atoms with E-state index in [1.165, 1.54) is 0 Å². The minimum atomic E-state index is -1.13. The van der Waals surface area contributed by atoms with Crippen LogP contribution in [-0.4, -0.2) is 23.8 Å². The highest BCUT2D eigenvalue weighted by Crippen LogP contribution is 2.19. The van der Waals surface area contributed by atoms with Gasteiger partial charge in [0, 0.05) is 5.69 Å². The molecule has 5 heteroatoms. The van der Waals surface area contributed by atoms with Gasteiger partial charge in [-0.05, 0) is 44.0 Å². The second-order valence-electron chi connectivity index (χ2n) is 6.51. The predicted molar refractivity (Wildman–Crippen MR) is 99.4 cm³/mol. The van der Waals surface area contributed by atoms with Crippen LogP contribution in [0.15, 0.2) is 54.6 Å². The highest BCUT2D eigenvalue weighted by atomic mass is 16.5. The maximum atomic E-state index is 12.1. The average Bonchev–Trinajstić information content (AvgIpc) is 2.59. The number of aliphatic hydroxyl groups is 1. The van der Waals surface area contributed by atoms with Crippen LogP contribution in [0, 0.1) is 0 Å². The Balaban J connectivity index is 1.89. The number of rotatable bonds is 7. The van der Waals surface area contributed by atoms with Crippen LogP contribution in [0.1, 0.15) is 31.9 Å². The number of hydrogen-bond acceptors (Lipinski definition) is 3. The van der Waals surface area contributed by atoms with Gasteiger partial charge >= 0.3 is 6.03 Å².